The fourth-order valence-corrected chi connectivity index (χ4v) is 2.62. The van der Waals surface area contributed by atoms with E-state index in [0.717, 1.165) is 15.9 Å². The van der Waals surface area contributed by atoms with E-state index in [1.807, 2.05) is 30.3 Å². The number of carbonyl (C=O) groups is 1. The van der Waals surface area contributed by atoms with Gasteiger partial charge in [0.15, 0.2) is 0 Å². The number of aromatic nitrogens is 1. The predicted molar refractivity (Wildman–Crippen MR) is 69.5 cm³/mol. The van der Waals surface area contributed by atoms with Crippen molar-refractivity contribution < 1.29 is 9.90 Å². The lowest BCUT2D eigenvalue weighted by Crippen LogP contribution is -2.35. The van der Waals surface area contributed by atoms with Crippen molar-refractivity contribution in [2.45, 2.75) is 11.1 Å². The molecular formula is C12H14N2O2S. The highest BCUT2D eigenvalue weighted by atomic mass is 32.2. The van der Waals surface area contributed by atoms with Crippen LogP contribution in [0.3, 0.4) is 0 Å². The topological polar surface area (TPSA) is 65.1 Å². The number of aliphatic carboxylic acids is 1. The van der Waals surface area contributed by atoms with E-state index in [0.29, 0.717) is 5.75 Å². The van der Waals surface area contributed by atoms with Crippen molar-refractivity contribution in [3.8, 4) is 0 Å². The number of thioether (sulfide) groups is 1. The number of rotatable bonds is 5. The Kier molecular flexibility index (Phi) is 3.71. The van der Waals surface area contributed by atoms with Gasteiger partial charge in [0.1, 0.15) is 6.04 Å². The molecule has 90 valence electrons. The molecule has 1 atom stereocenters. The minimum Gasteiger partial charge on any atom is -0.480 e. The number of H-pyrrole nitrogens is 1. The number of hydrogen-bond donors (Lipinski definition) is 3. The molecule has 0 aliphatic rings. The zero-order valence-electron chi connectivity index (χ0n) is 9.43. The van der Waals surface area contributed by atoms with Crippen LogP contribution in [0, 0.1) is 0 Å². The second-order valence-corrected chi connectivity index (χ2v) is 4.77. The van der Waals surface area contributed by atoms with E-state index in [9.17, 15) is 4.79 Å². The third kappa shape index (κ3) is 2.81. The molecule has 0 amide bonds. The molecule has 1 aromatic carbocycles. The van der Waals surface area contributed by atoms with Crippen molar-refractivity contribution in [2.24, 2.45) is 0 Å². The van der Waals surface area contributed by atoms with Crippen LogP contribution in [0.1, 0.15) is 0 Å². The second kappa shape index (κ2) is 5.25. The third-order valence-electron chi connectivity index (χ3n) is 2.56. The summed E-state index contributed by atoms with van der Waals surface area (Å²) in [5, 5.41) is 13.8. The maximum absolute atomic E-state index is 10.8. The van der Waals surface area contributed by atoms with Gasteiger partial charge >= 0.3 is 5.97 Å². The first-order chi connectivity index (χ1) is 8.20. The second-order valence-electron chi connectivity index (χ2n) is 3.71. The first-order valence-electron chi connectivity index (χ1n) is 5.31. The zero-order chi connectivity index (χ0) is 12.3. The highest BCUT2D eigenvalue weighted by Gasteiger charge is 2.15. The molecule has 4 nitrogen and oxygen atoms in total. The molecule has 0 saturated carbocycles. The Labute approximate surface area is 103 Å². The van der Waals surface area contributed by atoms with E-state index in [1.165, 1.54) is 11.8 Å². The van der Waals surface area contributed by atoms with Gasteiger partial charge < -0.3 is 15.4 Å². The van der Waals surface area contributed by atoms with Crippen molar-refractivity contribution in [3.63, 3.8) is 0 Å². The Balaban J connectivity index is 2.06. The summed E-state index contributed by atoms with van der Waals surface area (Å²) in [5.41, 5.74) is 1.08. The van der Waals surface area contributed by atoms with Gasteiger partial charge in [0.25, 0.3) is 0 Å². The molecule has 1 aromatic heterocycles. The van der Waals surface area contributed by atoms with Gasteiger partial charge in [-0.25, -0.2) is 0 Å². The van der Waals surface area contributed by atoms with Crippen LogP contribution in [0.2, 0.25) is 0 Å². The van der Waals surface area contributed by atoms with Crippen molar-refractivity contribution in [2.75, 3.05) is 12.8 Å². The van der Waals surface area contributed by atoms with Crippen molar-refractivity contribution >= 4 is 28.6 Å². The number of carboxylic acid groups (broad SMARTS) is 1. The number of para-hydroxylation sites is 1. The summed E-state index contributed by atoms with van der Waals surface area (Å²) < 4.78 is 0. The molecule has 0 radical (unpaired) electrons. The summed E-state index contributed by atoms with van der Waals surface area (Å²) in [5.74, 6) is -0.324. The number of carboxylic acids is 1. The lowest BCUT2D eigenvalue weighted by atomic mass is 10.3. The largest absolute Gasteiger partial charge is 0.480 e. The van der Waals surface area contributed by atoms with Crippen LogP contribution in [0.4, 0.5) is 0 Å². The summed E-state index contributed by atoms with van der Waals surface area (Å²) in [6, 6.07) is 9.51. The molecule has 1 heterocycles. The number of aromatic amines is 1. The first-order valence-corrected chi connectivity index (χ1v) is 6.30. The fourth-order valence-electron chi connectivity index (χ4n) is 1.58. The molecule has 2 aromatic rings. The van der Waals surface area contributed by atoms with Crippen molar-refractivity contribution in [3.05, 3.63) is 30.3 Å². The molecule has 0 spiro atoms. The minimum atomic E-state index is -0.823. The van der Waals surface area contributed by atoms with Crippen LogP contribution < -0.4 is 5.32 Å². The SMILES string of the molecule is CNC(CSc1cc2ccccc2[nH]1)C(=O)O. The van der Waals surface area contributed by atoms with Gasteiger partial charge in [0.2, 0.25) is 0 Å². The van der Waals surface area contributed by atoms with Crippen LogP contribution >= 0.6 is 11.8 Å². The molecule has 0 bridgehead atoms. The van der Waals surface area contributed by atoms with E-state index >= 15 is 0 Å². The Bertz CT molecular complexity index is 491. The van der Waals surface area contributed by atoms with Crippen LogP contribution in [-0.4, -0.2) is 34.9 Å². The number of nitrogens with one attached hydrogen (secondary N) is 2. The highest BCUT2D eigenvalue weighted by molar-refractivity contribution is 7.99. The van der Waals surface area contributed by atoms with Gasteiger partial charge in [-0.05, 0) is 19.2 Å². The molecule has 0 aliphatic carbocycles. The third-order valence-corrected chi connectivity index (χ3v) is 3.59. The van der Waals surface area contributed by atoms with Crippen LogP contribution in [0.5, 0.6) is 0 Å². The van der Waals surface area contributed by atoms with Gasteiger partial charge in [0, 0.05) is 16.7 Å². The average Bonchev–Trinajstić information content (AvgIpc) is 2.71. The summed E-state index contributed by atoms with van der Waals surface area (Å²) in [6.07, 6.45) is 0. The Hall–Kier alpha value is -1.46. The van der Waals surface area contributed by atoms with E-state index < -0.39 is 12.0 Å². The maximum atomic E-state index is 10.8. The molecule has 2 rings (SSSR count). The summed E-state index contributed by atoms with van der Waals surface area (Å²) in [4.78, 5) is 14.1. The normalized spacial score (nSPS) is 12.8. The molecule has 1 unspecified atom stereocenters. The van der Waals surface area contributed by atoms with Crippen LogP contribution in [0.15, 0.2) is 35.4 Å². The van der Waals surface area contributed by atoms with Gasteiger partial charge in [-0.3, -0.25) is 4.79 Å². The Morgan fingerprint density at radius 1 is 1.53 bits per heavy atom. The number of fused-ring (bicyclic) bond motifs is 1. The predicted octanol–water partition coefficient (Wildman–Crippen LogP) is 1.93. The summed E-state index contributed by atoms with van der Waals surface area (Å²) >= 11 is 1.51. The quantitative estimate of drug-likeness (QED) is 0.709. The van der Waals surface area contributed by atoms with Gasteiger partial charge in [0.05, 0.1) is 5.03 Å². The number of likely N-dealkylation sites (N-methyl/N-ethyl adjacent to an activating group) is 1. The van der Waals surface area contributed by atoms with E-state index in [4.69, 9.17) is 5.11 Å². The minimum absolute atomic E-state index is 0.499. The van der Waals surface area contributed by atoms with Crippen molar-refractivity contribution in [1.29, 1.82) is 0 Å². The summed E-state index contributed by atoms with van der Waals surface area (Å²) in [6.45, 7) is 0. The molecule has 5 heteroatoms. The van der Waals surface area contributed by atoms with E-state index in [2.05, 4.69) is 10.3 Å². The zero-order valence-corrected chi connectivity index (χ0v) is 10.3. The van der Waals surface area contributed by atoms with E-state index in [-0.39, 0.29) is 0 Å². The smallest absolute Gasteiger partial charge is 0.321 e. The fraction of sp³-hybridized carbons (Fsp3) is 0.250. The number of hydrogen-bond acceptors (Lipinski definition) is 3. The average molecular weight is 250 g/mol. The molecule has 3 N–H and O–H groups in total. The standard InChI is InChI=1S/C12H14N2O2S/c1-13-10(12(15)16)7-17-11-6-8-4-2-3-5-9(8)14-11/h2-6,10,13-14H,7H2,1H3,(H,15,16). The summed E-state index contributed by atoms with van der Waals surface area (Å²) in [7, 11) is 1.66. The van der Waals surface area contributed by atoms with Gasteiger partial charge in [-0.2, -0.15) is 0 Å². The van der Waals surface area contributed by atoms with Gasteiger partial charge in [-0.15, -0.1) is 11.8 Å². The van der Waals surface area contributed by atoms with Crippen LogP contribution in [-0.2, 0) is 4.79 Å². The van der Waals surface area contributed by atoms with Gasteiger partial charge in [-0.1, -0.05) is 18.2 Å². The molecule has 0 saturated heterocycles. The van der Waals surface area contributed by atoms with Crippen LogP contribution in [0.25, 0.3) is 10.9 Å². The monoisotopic (exact) mass is 250 g/mol. The lowest BCUT2D eigenvalue weighted by molar-refractivity contribution is -0.138. The lowest BCUT2D eigenvalue weighted by Gasteiger charge is -2.09. The highest BCUT2D eigenvalue weighted by Crippen LogP contribution is 2.23. The Morgan fingerprint density at radius 2 is 2.29 bits per heavy atom. The maximum Gasteiger partial charge on any atom is 0.321 e. The molecular weight excluding hydrogens is 236 g/mol. The van der Waals surface area contributed by atoms with Crippen molar-refractivity contribution in [1.82, 2.24) is 10.3 Å². The molecule has 0 aliphatic heterocycles. The molecule has 17 heavy (non-hydrogen) atoms. The first kappa shape index (κ1) is 12.0. The number of benzene rings is 1. The Morgan fingerprint density at radius 3 is 2.94 bits per heavy atom. The van der Waals surface area contributed by atoms with E-state index in [1.54, 1.807) is 7.05 Å². The molecule has 0 fully saturated rings.